The molecule has 32 heavy (non-hydrogen) atoms. The number of rotatable bonds is 8. The number of morpholine rings is 1. The van der Waals surface area contributed by atoms with Gasteiger partial charge in [0.2, 0.25) is 0 Å². The molecule has 1 aliphatic heterocycles. The molecular formula is C23H26ClN3O4S. The van der Waals surface area contributed by atoms with E-state index in [0.29, 0.717) is 28.0 Å². The summed E-state index contributed by atoms with van der Waals surface area (Å²) in [6, 6.07) is 10.8. The van der Waals surface area contributed by atoms with Crippen molar-refractivity contribution in [1.29, 1.82) is 0 Å². The molecule has 1 amide bonds. The summed E-state index contributed by atoms with van der Waals surface area (Å²) >= 11 is 7.67. The lowest BCUT2D eigenvalue weighted by Gasteiger charge is -2.28. The fourth-order valence-electron chi connectivity index (χ4n) is 3.69. The van der Waals surface area contributed by atoms with Gasteiger partial charge in [-0.15, -0.1) is 0 Å². The molecule has 7 nitrogen and oxygen atoms in total. The molecule has 0 aliphatic carbocycles. The summed E-state index contributed by atoms with van der Waals surface area (Å²) in [7, 11) is 3.18. The van der Waals surface area contributed by atoms with Gasteiger partial charge in [-0.2, -0.15) is 0 Å². The summed E-state index contributed by atoms with van der Waals surface area (Å²) in [4.78, 5) is 22.5. The number of hydrogen-bond donors (Lipinski definition) is 0. The van der Waals surface area contributed by atoms with E-state index in [-0.39, 0.29) is 5.91 Å². The maximum atomic E-state index is 13.7. The number of fused-ring (bicyclic) bond motifs is 1. The molecule has 0 saturated carbocycles. The Hall–Kier alpha value is -2.39. The number of halogens is 1. The predicted molar refractivity (Wildman–Crippen MR) is 128 cm³/mol. The van der Waals surface area contributed by atoms with Crippen LogP contribution in [-0.2, 0) is 4.74 Å². The van der Waals surface area contributed by atoms with Crippen LogP contribution in [0.4, 0.5) is 5.13 Å². The lowest BCUT2D eigenvalue weighted by atomic mass is 10.1. The van der Waals surface area contributed by atoms with Gasteiger partial charge in [0.15, 0.2) is 5.13 Å². The van der Waals surface area contributed by atoms with Crippen molar-refractivity contribution in [3.63, 3.8) is 0 Å². The van der Waals surface area contributed by atoms with Gasteiger partial charge in [0.25, 0.3) is 5.91 Å². The first-order chi connectivity index (χ1) is 15.6. The van der Waals surface area contributed by atoms with Crippen LogP contribution >= 0.6 is 22.9 Å². The summed E-state index contributed by atoms with van der Waals surface area (Å²) in [5, 5.41) is 1.12. The van der Waals surface area contributed by atoms with Gasteiger partial charge < -0.3 is 14.2 Å². The minimum atomic E-state index is -0.183. The van der Waals surface area contributed by atoms with E-state index in [9.17, 15) is 4.79 Å². The average molecular weight is 476 g/mol. The second-order valence-electron chi connectivity index (χ2n) is 7.44. The van der Waals surface area contributed by atoms with Crippen molar-refractivity contribution in [2.24, 2.45) is 0 Å². The molecule has 1 saturated heterocycles. The van der Waals surface area contributed by atoms with E-state index in [1.807, 2.05) is 18.2 Å². The standard InChI is InChI=1S/C23H26ClN3O4S/c1-29-17-5-6-19-21(15-17)32-23(25-19)27(9-3-8-26-10-12-31-13-11-26)22(28)18-14-16(24)4-7-20(18)30-2/h4-7,14-15H,3,8-13H2,1-2H3. The molecule has 0 radical (unpaired) electrons. The molecular weight excluding hydrogens is 450 g/mol. The summed E-state index contributed by atoms with van der Waals surface area (Å²) in [5.74, 6) is 1.06. The first kappa shape index (κ1) is 22.8. The molecule has 0 atom stereocenters. The Morgan fingerprint density at radius 1 is 1.19 bits per heavy atom. The zero-order valence-electron chi connectivity index (χ0n) is 18.2. The molecule has 2 heterocycles. The largest absolute Gasteiger partial charge is 0.497 e. The van der Waals surface area contributed by atoms with Crippen LogP contribution in [0.5, 0.6) is 11.5 Å². The van der Waals surface area contributed by atoms with E-state index < -0.39 is 0 Å². The smallest absolute Gasteiger partial charge is 0.263 e. The number of hydrogen-bond acceptors (Lipinski definition) is 7. The van der Waals surface area contributed by atoms with Crippen molar-refractivity contribution in [1.82, 2.24) is 9.88 Å². The van der Waals surface area contributed by atoms with Crippen LogP contribution in [0.25, 0.3) is 10.2 Å². The van der Waals surface area contributed by atoms with E-state index in [0.717, 1.165) is 55.2 Å². The number of carbonyl (C=O) groups excluding carboxylic acids is 1. The molecule has 3 aromatic rings. The highest BCUT2D eigenvalue weighted by Gasteiger charge is 2.25. The van der Waals surface area contributed by atoms with Crippen molar-refractivity contribution >= 4 is 44.2 Å². The number of nitrogens with zero attached hydrogens (tertiary/aromatic N) is 3. The highest BCUT2D eigenvalue weighted by Crippen LogP contribution is 2.33. The Balaban J connectivity index is 1.63. The summed E-state index contributed by atoms with van der Waals surface area (Å²) < 4.78 is 17.2. The molecule has 4 rings (SSSR count). The van der Waals surface area contributed by atoms with Crippen LogP contribution < -0.4 is 14.4 Å². The number of ether oxygens (including phenoxy) is 3. The highest BCUT2D eigenvalue weighted by molar-refractivity contribution is 7.22. The van der Waals surface area contributed by atoms with Gasteiger partial charge in [-0.3, -0.25) is 14.6 Å². The summed E-state index contributed by atoms with van der Waals surface area (Å²) in [5.41, 5.74) is 1.25. The topological polar surface area (TPSA) is 64.1 Å². The maximum absolute atomic E-state index is 13.7. The first-order valence-electron chi connectivity index (χ1n) is 10.5. The number of thiazole rings is 1. The Bertz CT molecular complexity index is 1080. The Morgan fingerprint density at radius 2 is 2.00 bits per heavy atom. The Kier molecular flexibility index (Phi) is 7.47. The quantitative estimate of drug-likeness (QED) is 0.483. The lowest BCUT2D eigenvalue weighted by Crippen LogP contribution is -2.39. The Morgan fingerprint density at radius 3 is 2.75 bits per heavy atom. The zero-order valence-corrected chi connectivity index (χ0v) is 19.7. The first-order valence-corrected chi connectivity index (χ1v) is 11.7. The van der Waals surface area contributed by atoms with Gasteiger partial charge in [-0.05, 0) is 42.8 Å². The number of methoxy groups -OCH3 is 2. The third kappa shape index (κ3) is 5.15. The number of carbonyl (C=O) groups is 1. The van der Waals surface area contributed by atoms with Gasteiger partial charge in [0.1, 0.15) is 11.5 Å². The third-order valence-electron chi connectivity index (χ3n) is 5.41. The fraction of sp³-hybridized carbons (Fsp3) is 0.391. The van der Waals surface area contributed by atoms with Crippen LogP contribution in [0.3, 0.4) is 0 Å². The average Bonchev–Trinajstić information content (AvgIpc) is 3.25. The van der Waals surface area contributed by atoms with Crippen LogP contribution in [0.2, 0.25) is 5.02 Å². The van der Waals surface area contributed by atoms with Crippen molar-refractivity contribution < 1.29 is 19.0 Å². The van der Waals surface area contributed by atoms with Gasteiger partial charge >= 0.3 is 0 Å². The molecule has 9 heteroatoms. The zero-order chi connectivity index (χ0) is 22.5. The van der Waals surface area contributed by atoms with Gasteiger partial charge in [0, 0.05) is 31.2 Å². The third-order valence-corrected chi connectivity index (χ3v) is 6.69. The van der Waals surface area contributed by atoms with Crippen LogP contribution in [0, 0.1) is 0 Å². The molecule has 0 unspecified atom stereocenters. The minimum Gasteiger partial charge on any atom is -0.497 e. The van der Waals surface area contributed by atoms with E-state index in [4.69, 9.17) is 30.8 Å². The highest BCUT2D eigenvalue weighted by atomic mass is 35.5. The number of anilines is 1. The normalized spacial score (nSPS) is 14.5. The van der Waals surface area contributed by atoms with E-state index in [1.54, 1.807) is 37.3 Å². The van der Waals surface area contributed by atoms with E-state index in [2.05, 4.69) is 4.90 Å². The fourth-order valence-corrected chi connectivity index (χ4v) is 4.88. The molecule has 0 N–H and O–H groups in total. The van der Waals surface area contributed by atoms with Gasteiger partial charge in [-0.1, -0.05) is 22.9 Å². The van der Waals surface area contributed by atoms with Crippen molar-refractivity contribution in [3.8, 4) is 11.5 Å². The van der Waals surface area contributed by atoms with Crippen LogP contribution in [0.15, 0.2) is 36.4 Å². The predicted octanol–water partition coefficient (Wildman–Crippen LogP) is 4.34. The second kappa shape index (κ2) is 10.5. The number of amides is 1. The second-order valence-corrected chi connectivity index (χ2v) is 8.88. The SMILES string of the molecule is COc1ccc2nc(N(CCCN3CCOCC3)C(=O)c3cc(Cl)ccc3OC)sc2c1. The number of benzene rings is 2. The molecule has 0 bridgehead atoms. The molecule has 1 aromatic heterocycles. The number of aromatic nitrogens is 1. The molecule has 0 spiro atoms. The van der Waals surface area contributed by atoms with Crippen molar-refractivity contribution in [2.45, 2.75) is 6.42 Å². The summed E-state index contributed by atoms with van der Waals surface area (Å²) in [6.45, 7) is 4.75. The summed E-state index contributed by atoms with van der Waals surface area (Å²) in [6.07, 6.45) is 0.813. The minimum absolute atomic E-state index is 0.183. The Labute approximate surface area is 196 Å². The monoisotopic (exact) mass is 475 g/mol. The molecule has 1 fully saturated rings. The molecule has 1 aliphatic rings. The molecule has 170 valence electrons. The molecule has 2 aromatic carbocycles. The van der Waals surface area contributed by atoms with Crippen LogP contribution in [-0.4, -0.2) is 69.4 Å². The lowest BCUT2D eigenvalue weighted by molar-refractivity contribution is 0.0376. The van der Waals surface area contributed by atoms with Gasteiger partial charge in [-0.25, -0.2) is 4.98 Å². The van der Waals surface area contributed by atoms with Gasteiger partial charge in [0.05, 0.1) is 43.2 Å². The maximum Gasteiger partial charge on any atom is 0.263 e. The van der Waals surface area contributed by atoms with E-state index in [1.165, 1.54) is 11.3 Å². The van der Waals surface area contributed by atoms with E-state index >= 15 is 0 Å². The van der Waals surface area contributed by atoms with Crippen molar-refractivity contribution in [3.05, 3.63) is 47.0 Å². The van der Waals surface area contributed by atoms with Crippen LogP contribution in [0.1, 0.15) is 16.8 Å². The van der Waals surface area contributed by atoms with Crippen molar-refractivity contribution in [2.75, 3.05) is 58.5 Å².